The molecule has 2 N–H and O–H groups in total. The van der Waals surface area contributed by atoms with Crippen molar-refractivity contribution in [1.29, 1.82) is 0 Å². The van der Waals surface area contributed by atoms with E-state index in [1.54, 1.807) is 0 Å². The molecule has 0 aliphatic carbocycles. The standard InChI is InChI=1S/C8H15NO3/c1-8(2)3-6(5-12-8)9-4-7(10)11/h6,9H,3-5H2,1-2H3,(H,10,11). The van der Waals surface area contributed by atoms with Crippen LogP contribution in [0.25, 0.3) is 0 Å². The maximum absolute atomic E-state index is 10.2. The minimum atomic E-state index is -0.820. The molecule has 1 atom stereocenters. The molecule has 1 fully saturated rings. The van der Waals surface area contributed by atoms with Crippen LogP contribution in [0.1, 0.15) is 20.3 Å². The summed E-state index contributed by atoms with van der Waals surface area (Å²) in [4.78, 5) is 10.2. The summed E-state index contributed by atoms with van der Waals surface area (Å²) in [6.07, 6.45) is 0.875. The highest BCUT2D eigenvalue weighted by molar-refractivity contribution is 5.69. The van der Waals surface area contributed by atoms with Crippen LogP contribution in [0.15, 0.2) is 0 Å². The average molecular weight is 173 g/mol. The van der Waals surface area contributed by atoms with E-state index in [2.05, 4.69) is 5.32 Å². The van der Waals surface area contributed by atoms with Crippen molar-refractivity contribution in [2.24, 2.45) is 0 Å². The van der Waals surface area contributed by atoms with Gasteiger partial charge in [0.25, 0.3) is 0 Å². The molecule has 1 saturated heterocycles. The fourth-order valence-electron chi connectivity index (χ4n) is 1.40. The summed E-state index contributed by atoms with van der Waals surface area (Å²) < 4.78 is 5.43. The molecule has 1 aliphatic rings. The first-order valence-corrected chi connectivity index (χ1v) is 4.09. The highest BCUT2D eigenvalue weighted by Gasteiger charge is 2.31. The van der Waals surface area contributed by atoms with Gasteiger partial charge < -0.3 is 15.2 Å². The predicted octanol–water partition coefficient (Wildman–Crippen LogP) is 0.228. The third kappa shape index (κ3) is 2.79. The quantitative estimate of drug-likeness (QED) is 0.641. The SMILES string of the molecule is CC1(C)CC(NCC(=O)O)CO1. The number of carboxylic acid groups (broad SMARTS) is 1. The maximum atomic E-state index is 10.2. The Kier molecular flexibility index (Phi) is 2.69. The smallest absolute Gasteiger partial charge is 0.317 e. The molecule has 0 spiro atoms. The first kappa shape index (κ1) is 9.48. The van der Waals surface area contributed by atoms with Crippen molar-refractivity contribution in [2.75, 3.05) is 13.2 Å². The monoisotopic (exact) mass is 173 g/mol. The van der Waals surface area contributed by atoms with E-state index in [1.807, 2.05) is 13.8 Å². The Morgan fingerprint density at radius 2 is 2.42 bits per heavy atom. The van der Waals surface area contributed by atoms with Crippen LogP contribution in [-0.2, 0) is 9.53 Å². The van der Waals surface area contributed by atoms with Crippen molar-refractivity contribution in [2.45, 2.75) is 31.9 Å². The Hall–Kier alpha value is -0.610. The van der Waals surface area contributed by atoms with E-state index in [4.69, 9.17) is 9.84 Å². The van der Waals surface area contributed by atoms with Crippen molar-refractivity contribution in [1.82, 2.24) is 5.32 Å². The first-order chi connectivity index (χ1) is 5.49. The number of carboxylic acids is 1. The summed E-state index contributed by atoms with van der Waals surface area (Å²) in [5.74, 6) is -0.820. The van der Waals surface area contributed by atoms with E-state index in [-0.39, 0.29) is 18.2 Å². The third-order valence-corrected chi connectivity index (χ3v) is 1.96. The molecule has 0 radical (unpaired) electrons. The first-order valence-electron chi connectivity index (χ1n) is 4.09. The second kappa shape index (κ2) is 3.41. The van der Waals surface area contributed by atoms with Gasteiger partial charge in [0.15, 0.2) is 0 Å². The molecule has 1 aliphatic heterocycles. The Bertz CT molecular complexity index is 179. The van der Waals surface area contributed by atoms with Gasteiger partial charge in [-0.1, -0.05) is 0 Å². The number of carbonyl (C=O) groups is 1. The van der Waals surface area contributed by atoms with Crippen molar-refractivity contribution in [3.8, 4) is 0 Å². The minimum absolute atomic E-state index is 0.0180. The molecule has 0 amide bonds. The maximum Gasteiger partial charge on any atom is 0.317 e. The lowest BCUT2D eigenvalue weighted by Gasteiger charge is -2.15. The van der Waals surface area contributed by atoms with Crippen LogP contribution < -0.4 is 5.32 Å². The second-order valence-corrected chi connectivity index (χ2v) is 3.75. The van der Waals surface area contributed by atoms with Gasteiger partial charge in [-0.25, -0.2) is 0 Å². The van der Waals surface area contributed by atoms with E-state index < -0.39 is 5.97 Å². The molecule has 4 heteroatoms. The Morgan fingerprint density at radius 1 is 1.75 bits per heavy atom. The number of aliphatic carboxylic acids is 1. The van der Waals surface area contributed by atoms with Gasteiger partial charge >= 0.3 is 5.97 Å². The van der Waals surface area contributed by atoms with Crippen molar-refractivity contribution >= 4 is 5.97 Å². The predicted molar refractivity (Wildman–Crippen MR) is 44.1 cm³/mol. The normalized spacial score (nSPS) is 27.3. The number of hydrogen-bond acceptors (Lipinski definition) is 3. The van der Waals surface area contributed by atoms with Gasteiger partial charge in [0.2, 0.25) is 0 Å². The minimum Gasteiger partial charge on any atom is -0.480 e. The third-order valence-electron chi connectivity index (χ3n) is 1.96. The van der Waals surface area contributed by atoms with Crippen molar-refractivity contribution in [3.63, 3.8) is 0 Å². The molecule has 0 saturated carbocycles. The molecule has 0 aromatic heterocycles. The Balaban J connectivity index is 2.24. The summed E-state index contributed by atoms with van der Waals surface area (Å²) in [6.45, 7) is 4.65. The fourth-order valence-corrected chi connectivity index (χ4v) is 1.40. The van der Waals surface area contributed by atoms with Crippen molar-refractivity contribution in [3.05, 3.63) is 0 Å². The summed E-state index contributed by atoms with van der Waals surface area (Å²) in [6, 6.07) is 0.191. The van der Waals surface area contributed by atoms with Gasteiger partial charge in [-0.2, -0.15) is 0 Å². The van der Waals surface area contributed by atoms with Gasteiger partial charge in [0, 0.05) is 6.04 Å². The van der Waals surface area contributed by atoms with Gasteiger partial charge in [-0.05, 0) is 20.3 Å². The van der Waals surface area contributed by atoms with E-state index >= 15 is 0 Å². The fraction of sp³-hybridized carbons (Fsp3) is 0.875. The summed E-state index contributed by atoms with van der Waals surface area (Å²) in [5.41, 5.74) is -0.101. The highest BCUT2D eigenvalue weighted by Crippen LogP contribution is 2.23. The molecule has 70 valence electrons. The summed E-state index contributed by atoms with van der Waals surface area (Å²) >= 11 is 0. The van der Waals surface area contributed by atoms with Crippen LogP contribution >= 0.6 is 0 Å². The topological polar surface area (TPSA) is 58.6 Å². The molecule has 12 heavy (non-hydrogen) atoms. The van der Waals surface area contributed by atoms with E-state index in [0.717, 1.165) is 6.42 Å². The van der Waals surface area contributed by atoms with Crippen LogP contribution in [0.5, 0.6) is 0 Å². The van der Waals surface area contributed by atoms with Crippen molar-refractivity contribution < 1.29 is 14.6 Å². The number of rotatable bonds is 3. The molecule has 1 unspecified atom stereocenters. The molecule has 0 aromatic carbocycles. The lowest BCUT2D eigenvalue weighted by molar-refractivity contribution is -0.136. The number of nitrogens with one attached hydrogen (secondary N) is 1. The van der Waals surface area contributed by atoms with E-state index in [9.17, 15) is 4.79 Å². The molecule has 0 aromatic rings. The summed E-state index contributed by atoms with van der Waals surface area (Å²) in [7, 11) is 0. The highest BCUT2D eigenvalue weighted by atomic mass is 16.5. The Labute approximate surface area is 71.9 Å². The molecule has 4 nitrogen and oxygen atoms in total. The molecular weight excluding hydrogens is 158 g/mol. The van der Waals surface area contributed by atoms with Crippen LogP contribution in [0.2, 0.25) is 0 Å². The summed E-state index contributed by atoms with van der Waals surface area (Å²) in [5, 5.41) is 11.3. The zero-order valence-electron chi connectivity index (χ0n) is 7.46. The van der Waals surface area contributed by atoms with Crippen LogP contribution in [0.3, 0.4) is 0 Å². The number of hydrogen-bond donors (Lipinski definition) is 2. The zero-order valence-corrected chi connectivity index (χ0v) is 7.46. The molecule has 1 heterocycles. The van der Waals surface area contributed by atoms with Gasteiger partial charge in [0.05, 0.1) is 18.8 Å². The van der Waals surface area contributed by atoms with Gasteiger partial charge in [-0.15, -0.1) is 0 Å². The zero-order chi connectivity index (χ0) is 9.19. The molecular formula is C8H15NO3. The van der Waals surface area contributed by atoms with Crippen LogP contribution in [-0.4, -0.2) is 35.9 Å². The van der Waals surface area contributed by atoms with E-state index in [0.29, 0.717) is 6.61 Å². The van der Waals surface area contributed by atoms with Crippen LogP contribution in [0, 0.1) is 0 Å². The lowest BCUT2D eigenvalue weighted by atomic mass is 10.0. The molecule has 0 bridgehead atoms. The Morgan fingerprint density at radius 3 is 2.83 bits per heavy atom. The lowest BCUT2D eigenvalue weighted by Crippen LogP contribution is -2.34. The largest absolute Gasteiger partial charge is 0.480 e. The number of ether oxygens (including phenoxy) is 1. The van der Waals surface area contributed by atoms with Crippen LogP contribution in [0.4, 0.5) is 0 Å². The average Bonchev–Trinajstić information content (AvgIpc) is 2.26. The molecule has 1 rings (SSSR count). The van der Waals surface area contributed by atoms with Gasteiger partial charge in [0.1, 0.15) is 0 Å². The van der Waals surface area contributed by atoms with E-state index in [1.165, 1.54) is 0 Å². The second-order valence-electron chi connectivity index (χ2n) is 3.75. The van der Waals surface area contributed by atoms with Gasteiger partial charge in [-0.3, -0.25) is 4.79 Å².